The Morgan fingerprint density at radius 3 is 2.81 bits per heavy atom. The maximum absolute atomic E-state index is 13.0. The number of benzene rings is 2. The van der Waals surface area contributed by atoms with Gasteiger partial charge in [0, 0.05) is 6.07 Å². The van der Waals surface area contributed by atoms with E-state index in [0.717, 1.165) is 11.0 Å². The minimum absolute atomic E-state index is 0.0255. The maximum Gasteiger partial charge on any atom is 0.248 e. The fourth-order valence-electron chi connectivity index (χ4n) is 3.22. The first kappa shape index (κ1) is 16.9. The molecular weight excluding hydrogens is 348 g/mol. The standard InChI is InChI=1S/C19H18N4O4/c1-26-11-7-8-13(16(9-11)27-2)20-18(25)15-10-17(24)22-19-21-12-5-3-4-6-14(12)23(15)19/h3-9,15H,10H2,1-2H3,(H,20,25)(H,21,22,24)/t15-/m0/s1. The van der Waals surface area contributed by atoms with Gasteiger partial charge in [-0.1, -0.05) is 12.1 Å². The van der Waals surface area contributed by atoms with Gasteiger partial charge in [0.05, 0.1) is 37.4 Å². The molecule has 2 amide bonds. The molecule has 0 unspecified atom stereocenters. The molecule has 2 aromatic carbocycles. The molecule has 1 aromatic heterocycles. The topological polar surface area (TPSA) is 94.5 Å². The molecule has 0 bridgehead atoms. The zero-order valence-electron chi connectivity index (χ0n) is 14.9. The van der Waals surface area contributed by atoms with Gasteiger partial charge in [-0.3, -0.25) is 19.5 Å². The van der Waals surface area contributed by atoms with E-state index in [1.165, 1.54) is 7.11 Å². The molecule has 138 valence electrons. The number of methoxy groups -OCH3 is 2. The third-order valence-electron chi connectivity index (χ3n) is 4.51. The van der Waals surface area contributed by atoms with Gasteiger partial charge < -0.3 is 14.8 Å². The van der Waals surface area contributed by atoms with Crippen LogP contribution in [-0.2, 0) is 9.59 Å². The first-order valence-electron chi connectivity index (χ1n) is 8.40. The molecule has 3 aromatic rings. The summed E-state index contributed by atoms with van der Waals surface area (Å²) in [6.07, 6.45) is 0.0255. The van der Waals surface area contributed by atoms with Crippen molar-refractivity contribution < 1.29 is 19.1 Å². The van der Waals surface area contributed by atoms with Gasteiger partial charge in [-0.15, -0.1) is 0 Å². The quantitative estimate of drug-likeness (QED) is 0.740. The van der Waals surface area contributed by atoms with Gasteiger partial charge in [0.2, 0.25) is 17.8 Å². The molecule has 8 heteroatoms. The average molecular weight is 366 g/mol. The highest BCUT2D eigenvalue weighted by Crippen LogP contribution is 2.33. The Labute approximate surface area is 155 Å². The van der Waals surface area contributed by atoms with Crippen LogP contribution in [0.15, 0.2) is 42.5 Å². The summed E-state index contributed by atoms with van der Waals surface area (Å²) in [7, 11) is 3.07. The highest BCUT2D eigenvalue weighted by atomic mass is 16.5. The van der Waals surface area contributed by atoms with E-state index in [9.17, 15) is 9.59 Å². The van der Waals surface area contributed by atoms with Gasteiger partial charge in [0.25, 0.3) is 0 Å². The van der Waals surface area contributed by atoms with E-state index < -0.39 is 6.04 Å². The molecule has 8 nitrogen and oxygen atoms in total. The van der Waals surface area contributed by atoms with E-state index in [1.807, 2.05) is 24.3 Å². The van der Waals surface area contributed by atoms with Crippen molar-refractivity contribution in [3.63, 3.8) is 0 Å². The Bertz CT molecular complexity index is 1040. The van der Waals surface area contributed by atoms with Crippen molar-refractivity contribution in [3.05, 3.63) is 42.5 Å². The van der Waals surface area contributed by atoms with Crippen LogP contribution < -0.4 is 20.1 Å². The van der Waals surface area contributed by atoms with Crippen LogP contribution in [0.4, 0.5) is 11.6 Å². The number of amides is 2. The van der Waals surface area contributed by atoms with Gasteiger partial charge in [0.1, 0.15) is 17.5 Å². The predicted octanol–water partition coefficient (Wildman–Crippen LogP) is 2.58. The Hall–Kier alpha value is -3.55. The highest BCUT2D eigenvalue weighted by Gasteiger charge is 2.33. The van der Waals surface area contributed by atoms with Crippen LogP contribution in [0.25, 0.3) is 11.0 Å². The fraction of sp³-hybridized carbons (Fsp3) is 0.211. The normalized spacial score (nSPS) is 15.8. The molecule has 0 aliphatic carbocycles. The third-order valence-corrected chi connectivity index (χ3v) is 4.51. The lowest BCUT2D eigenvalue weighted by atomic mass is 10.1. The smallest absolute Gasteiger partial charge is 0.248 e. The number of rotatable bonds is 4. The van der Waals surface area contributed by atoms with Crippen LogP contribution in [0.1, 0.15) is 12.5 Å². The second-order valence-corrected chi connectivity index (χ2v) is 6.12. The molecule has 0 spiro atoms. The number of anilines is 2. The number of carbonyl (C=O) groups excluding carboxylic acids is 2. The summed E-state index contributed by atoms with van der Waals surface area (Å²) in [5.74, 6) is 0.884. The highest BCUT2D eigenvalue weighted by molar-refractivity contribution is 6.03. The van der Waals surface area contributed by atoms with Crippen LogP contribution in [0.2, 0.25) is 0 Å². The third kappa shape index (κ3) is 2.95. The summed E-state index contributed by atoms with van der Waals surface area (Å²) < 4.78 is 12.3. The largest absolute Gasteiger partial charge is 0.497 e. The molecule has 1 aliphatic heterocycles. The first-order valence-corrected chi connectivity index (χ1v) is 8.40. The fourth-order valence-corrected chi connectivity index (χ4v) is 3.22. The van der Waals surface area contributed by atoms with Crippen LogP contribution in [0.3, 0.4) is 0 Å². The lowest BCUT2D eigenvalue weighted by molar-refractivity contribution is -0.124. The molecule has 0 saturated heterocycles. The molecule has 4 rings (SSSR count). The second-order valence-electron chi connectivity index (χ2n) is 6.12. The Balaban J connectivity index is 1.70. The van der Waals surface area contributed by atoms with E-state index >= 15 is 0 Å². The molecule has 1 atom stereocenters. The van der Waals surface area contributed by atoms with Gasteiger partial charge in [0.15, 0.2) is 0 Å². The molecule has 0 radical (unpaired) electrons. The molecular formula is C19H18N4O4. The van der Waals surface area contributed by atoms with Crippen molar-refractivity contribution in [1.29, 1.82) is 0 Å². The van der Waals surface area contributed by atoms with Crippen molar-refractivity contribution in [2.45, 2.75) is 12.5 Å². The van der Waals surface area contributed by atoms with E-state index in [-0.39, 0.29) is 18.2 Å². The number of ether oxygens (including phenoxy) is 2. The van der Waals surface area contributed by atoms with E-state index in [2.05, 4.69) is 15.6 Å². The molecule has 2 heterocycles. The predicted molar refractivity (Wildman–Crippen MR) is 100 cm³/mol. The van der Waals surface area contributed by atoms with Crippen molar-refractivity contribution in [2.24, 2.45) is 0 Å². The number of hydrogen-bond acceptors (Lipinski definition) is 5. The van der Waals surface area contributed by atoms with Crippen molar-refractivity contribution >= 4 is 34.5 Å². The second kappa shape index (κ2) is 6.64. The SMILES string of the molecule is COc1ccc(NC(=O)[C@@H]2CC(=O)Nc3nc4ccccc4n32)c(OC)c1. The zero-order valence-corrected chi connectivity index (χ0v) is 14.9. The molecule has 27 heavy (non-hydrogen) atoms. The number of aromatic nitrogens is 2. The number of imidazole rings is 1. The minimum Gasteiger partial charge on any atom is -0.497 e. The minimum atomic E-state index is -0.715. The Kier molecular flexibility index (Phi) is 4.15. The van der Waals surface area contributed by atoms with Crippen molar-refractivity contribution in [1.82, 2.24) is 9.55 Å². The summed E-state index contributed by atoms with van der Waals surface area (Å²) in [5.41, 5.74) is 2.00. The number of nitrogens with one attached hydrogen (secondary N) is 2. The molecule has 1 aliphatic rings. The van der Waals surface area contributed by atoms with E-state index in [4.69, 9.17) is 9.47 Å². The van der Waals surface area contributed by atoms with E-state index in [1.54, 1.807) is 29.9 Å². The first-order chi connectivity index (χ1) is 13.1. The average Bonchev–Trinajstić information content (AvgIpc) is 3.05. The number of para-hydroxylation sites is 2. The summed E-state index contributed by atoms with van der Waals surface area (Å²) in [6, 6.07) is 11.8. The zero-order chi connectivity index (χ0) is 19.0. The maximum atomic E-state index is 13.0. The molecule has 2 N–H and O–H groups in total. The van der Waals surface area contributed by atoms with Crippen LogP contribution in [0, 0.1) is 0 Å². The number of carbonyl (C=O) groups is 2. The van der Waals surface area contributed by atoms with Crippen LogP contribution >= 0.6 is 0 Å². The Morgan fingerprint density at radius 1 is 1.22 bits per heavy atom. The monoisotopic (exact) mass is 366 g/mol. The summed E-state index contributed by atoms with van der Waals surface area (Å²) >= 11 is 0. The molecule has 0 fully saturated rings. The summed E-state index contributed by atoms with van der Waals surface area (Å²) in [5, 5.41) is 5.58. The lowest BCUT2D eigenvalue weighted by Crippen LogP contribution is -2.35. The van der Waals surface area contributed by atoms with Gasteiger partial charge in [-0.05, 0) is 24.3 Å². The number of fused-ring (bicyclic) bond motifs is 3. The summed E-state index contributed by atoms with van der Waals surface area (Å²) in [4.78, 5) is 29.5. The Morgan fingerprint density at radius 2 is 2.04 bits per heavy atom. The number of nitrogens with zero attached hydrogens (tertiary/aromatic N) is 2. The summed E-state index contributed by atoms with van der Waals surface area (Å²) in [6.45, 7) is 0. The van der Waals surface area contributed by atoms with Crippen molar-refractivity contribution in [3.8, 4) is 11.5 Å². The van der Waals surface area contributed by atoms with E-state index in [0.29, 0.717) is 23.1 Å². The lowest BCUT2D eigenvalue weighted by Gasteiger charge is -2.25. The van der Waals surface area contributed by atoms with Crippen molar-refractivity contribution in [2.75, 3.05) is 24.9 Å². The van der Waals surface area contributed by atoms with Gasteiger partial charge >= 0.3 is 0 Å². The molecule has 0 saturated carbocycles. The number of hydrogen-bond donors (Lipinski definition) is 2. The van der Waals surface area contributed by atoms with Crippen LogP contribution in [-0.4, -0.2) is 35.6 Å². The van der Waals surface area contributed by atoms with Gasteiger partial charge in [-0.2, -0.15) is 0 Å². The van der Waals surface area contributed by atoms with Gasteiger partial charge in [-0.25, -0.2) is 4.98 Å². The van der Waals surface area contributed by atoms with Crippen LogP contribution in [0.5, 0.6) is 11.5 Å².